The van der Waals surface area contributed by atoms with Gasteiger partial charge in [0.25, 0.3) is 0 Å². The summed E-state index contributed by atoms with van der Waals surface area (Å²) in [5.41, 5.74) is 0.464. The van der Waals surface area contributed by atoms with Gasteiger partial charge >= 0.3 is 0 Å². The summed E-state index contributed by atoms with van der Waals surface area (Å²) in [5.74, 6) is 1.33. The zero-order valence-corrected chi connectivity index (χ0v) is 8.07. The largest absolute Gasteiger partial charge is 0.0623 e. The van der Waals surface area contributed by atoms with E-state index in [9.17, 15) is 0 Å². The zero-order valence-electron chi connectivity index (χ0n) is 8.07. The fourth-order valence-corrected chi connectivity index (χ4v) is 1.17. The minimum atomic E-state index is 0.464. The van der Waals surface area contributed by atoms with Gasteiger partial charge in [0, 0.05) is 0 Å². The number of rotatable bonds is 2. The lowest BCUT2D eigenvalue weighted by Crippen LogP contribution is -2.14. The topological polar surface area (TPSA) is 0 Å². The van der Waals surface area contributed by atoms with Crippen molar-refractivity contribution in [2.75, 3.05) is 0 Å². The van der Waals surface area contributed by atoms with Crippen molar-refractivity contribution in [2.45, 2.75) is 41.0 Å². The third-order valence-electron chi connectivity index (χ3n) is 1.91. The van der Waals surface area contributed by atoms with Gasteiger partial charge in [0.2, 0.25) is 0 Å². The van der Waals surface area contributed by atoms with Crippen LogP contribution in [-0.2, 0) is 0 Å². The molecule has 0 amide bonds. The molecule has 0 nitrogen and oxygen atoms in total. The Labute approximate surface area is 66.0 Å². The molecule has 0 N–H and O–H groups in total. The molecule has 0 rings (SSSR count). The van der Waals surface area contributed by atoms with Gasteiger partial charge in [-0.05, 0) is 23.7 Å². The average Bonchev–Trinajstić information content (AvgIpc) is 1.60. The molecule has 61 valence electrons. The van der Waals surface area contributed by atoms with Crippen LogP contribution >= 0.6 is 0 Å². The second-order valence-electron chi connectivity index (χ2n) is 4.72. The van der Waals surface area contributed by atoms with E-state index in [2.05, 4.69) is 41.5 Å². The molecular weight excluding hydrogens is 120 g/mol. The Balaban J connectivity index is 3.68. The summed E-state index contributed by atoms with van der Waals surface area (Å²) in [4.78, 5) is 0. The van der Waals surface area contributed by atoms with Crippen LogP contribution in [0.1, 0.15) is 41.0 Å². The molecule has 0 saturated carbocycles. The monoisotopic (exact) mass is 141 g/mol. The summed E-state index contributed by atoms with van der Waals surface area (Å²) in [6, 6.07) is 0. The fraction of sp³-hybridized carbons (Fsp3) is 0.900. The zero-order chi connectivity index (χ0) is 8.36. The molecule has 10 heavy (non-hydrogen) atoms. The smallest absolute Gasteiger partial charge is 0.0380 e. The highest BCUT2D eigenvalue weighted by molar-refractivity contribution is 4.70. The molecule has 2 atom stereocenters. The Bertz CT molecular complexity index is 84.7. The highest BCUT2D eigenvalue weighted by Gasteiger charge is 2.16. The van der Waals surface area contributed by atoms with Crippen molar-refractivity contribution in [1.29, 1.82) is 0 Å². The maximum Gasteiger partial charge on any atom is -0.0380 e. The van der Waals surface area contributed by atoms with Crippen molar-refractivity contribution < 1.29 is 0 Å². The van der Waals surface area contributed by atoms with Crippen LogP contribution in [0.5, 0.6) is 0 Å². The van der Waals surface area contributed by atoms with Gasteiger partial charge in [-0.3, -0.25) is 0 Å². The first-order valence-electron chi connectivity index (χ1n) is 4.16. The number of hydrogen-bond acceptors (Lipinski definition) is 0. The SMILES string of the molecule is [CH2]C(C)C(C)CC(C)(C)C. The van der Waals surface area contributed by atoms with Crippen LogP contribution in [-0.4, -0.2) is 0 Å². The summed E-state index contributed by atoms with van der Waals surface area (Å²) in [7, 11) is 0. The van der Waals surface area contributed by atoms with Crippen molar-refractivity contribution in [3.63, 3.8) is 0 Å². The highest BCUT2D eigenvalue weighted by Crippen LogP contribution is 2.27. The Morgan fingerprint density at radius 1 is 1.20 bits per heavy atom. The van der Waals surface area contributed by atoms with Gasteiger partial charge in [-0.25, -0.2) is 0 Å². The predicted octanol–water partition coefficient (Wildman–Crippen LogP) is 3.53. The standard InChI is InChI=1S/C10H21/c1-8(2)9(3)7-10(4,5)6/h8-9H,1,7H2,2-6H3. The van der Waals surface area contributed by atoms with Gasteiger partial charge in [-0.15, -0.1) is 0 Å². The van der Waals surface area contributed by atoms with E-state index in [4.69, 9.17) is 0 Å². The summed E-state index contributed by atoms with van der Waals surface area (Å²) in [6.07, 6.45) is 1.28. The summed E-state index contributed by atoms with van der Waals surface area (Å²) >= 11 is 0. The molecular formula is C10H21. The van der Waals surface area contributed by atoms with Crippen molar-refractivity contribution in [3.8, 4) is 0 Å². The Kier molecular flexibility index (Phi) is 3.41. The Morgan fingerprint density at radius 2 is 1.60 bits per heavy atom. The fourth-order valence-electron chi connectivity index (χ4n) is 1.17. The summed E-state index contributed by atoms with van der Waals surface area (Å²) in [6.45, 7) is 15.3. The second-order valence-corrected chi connectivity index (χ2v) is 4.72. The second kappa shape index (κ2) is 3.41. The molecule has 0 aromatic rings. The predicted molar refractivity (Wildman–Crippen MR) is 47.8 cm³/mol. The van der Waals surface area contributed by atoms with E-state index in [1.807, 2.05) is 0 Å². The van der Waals surface area contributed by atoms with Crippen LogP contribution in [0.4, 0.5) is 0 Å². The van der Waals surface area contributed by atoms with Crippen LogP contribution < -0.4 is 0 Å². The van der Waals surface area contributed by atoms with E-state index in [0.29, 0.717) is 11.3 Å². The van der Waals surface area contributed by atoms with Gasteiger partial charge in [0.05, 0.1) is 0 Å². The van der Waals surface area contributed by atoms with E-state index in [1.54, 1.807) is 0 Å². The van der Waals surface area contributed by atoms with Crippen LogP contribution in [0, 0.1) is 24.2 Å². The number of hydrogen-bond donors (Lipinski definition) is 0. The third-order valence-corrected chi connectivity index (χ3v) is 1.91. The van der Waals surface area contributed by atoms with Gasteiger partial charge in [-0.1, -0.05) is 41.5 Å². The van der Waals surface area contributed by atoms with Crippen molar-refractivity contribution in [3.05, 3.63) is 6.92 Å². The maximum absolute atomic E-state index is 4.02. The van der Waals surface area contributed by atoms with E-state index >= 15 is 0 Å². The van der Waals surface area contributed by atoms with Crippen molar-refractivity contribution in [1.82, 2.24) is 0 Å². The molecule has 0 heterocycles. The molecule has 0 bridgehead atoms. The molecule has 0 aromatic carbocycles. The lowest BCUT2D eigenvalue weighted by Gasteiger charge is -2.25. The van der Waals surface area contributed by atoms with E-state index in [0.717, 1.165) is 5.92 Å². The minimum Gasteiger partial charge on any atom is -0.0623 e. The molecule has 0 aromatic heterocycles. The normalized spacial score (nSPS) is 15.9. The molecule has 0 aliphatic heterocycles. The molecule has 2 unspecified atom stereocenters. The van der Waals surface area contributed by atoms with Crippen molar-refractivity contribution in [2.24, 2.45) is 17.3 Å². The molecule has 0 fully saturated rings. The highest BCUT2D eigenvalue weighted by atomic mass is 14.2. The Morgan fingerprint density at radius 3 is 1.70 bits per heavy atom. The first-order chi connectivity index (χ1) is 4.33. The van der Waals surface area contributed by atoms with Gasteiger partial charge in [-0.2, -0.15) is 0 Å². The van der Waals surface area contributed by atoms with Gasteiger partial charge < -0.3 is 0 Å². The minimum absolute atomic E-state index is 0.464. The van der Waals surface area contributed by atoms with Crippen LogP contribution in [0.3, 0.4) is 0 Å². The Hall–Kier alpha value is 0. The van der Waals surface area contributed by atoms with Crippen LogP contribution in [0.25, 0.3) is 0 Å². The molecule has 0 saturated heterocycles. The van der Waals surface area contributed by atoms with E-state index in [-0.39, 0.29) is 0 Å². The third kappa shape index (κ3) is 4.84. The molecule has 0 spiro atoms. The molecule has 0 aliphatic carbocycles. The van der Waals surface area contributed by atoms with E-state index in [1.165, 1.54) is 6.42 Å². The lowest BCUT2D eigenvalue weighted by molar-refractivity contribution is 0.272. The maximum atomic E-state index is 4.02. The van der Waals surface area contributed by atoms with Crippen molar-refractivity contribution >= 4 is 0 Å². The molecule has 0 heteroatoms. The summed E-state index contributed by atoms with van der Waals surface area (Å²) < 4.78 is 0. The molecule has 0 aliphatic rings. The first-order valence-corrected chi connectivity index (χ1v) is 4.16. The quantitative estimate of drug-likeness (QED) is 0.552. The van der Waals surface area contributed by atoms with Gasteiger partial charge in [0.1, 0.15) is 0 Å². The lowest BCUT2D eigenvalue weighted by atomic mass is 9.81. The van der Waals surface area contributed by atoms with Crippen LogP contribution in [0.2, 0.25) is 0 Å². The van der Waals surface area contributed by atoms with Gasteiger partial charge in [0.15, 0.2) is 0 Å². The average molecular weight is 141 g/mol. The van der Waals surface area contributed by atoms with E-state index < -0.39 is 0 Å². The first kappa shape index (κ1) is 10.0. The van der Waals surface area contributed by atoms with Crippen LogP contribution in [0.15, 0.2) is 0 Å². The summed E-state index contributed by atoms with van der Waals surface area (Å²) in [5, 5.41) is 0. The molecule has 1 radical (unpaired) electrons.